The van der Waals surface area contributed by atoms with Crippen LogP contribution in [0.4, 0.5) is 5.95 Å². The van der Waals surface area contributed by atoms with Crippen LogP contribution in [0.1, 0.15) is 59.4 Å². The van der Waals surface area contributed by atoms with E-state index in [4.69, 9.17) is 0 Å². The molecule has 0 spiro atoms. The molecule has 1 aromatic heterocycles. The predicted octanol–water partition coefficient (Wildman–Crippen LogP) is 4.09. The number of aromatic nitrogens is 2. The van der Waals surface area contributed by atoms with Crippen LogP contribution in [-0.4, -0.2) is 16.1 Å². The molecular weight excluding hydrogens is 234 g/mol. The Kier molecular flexibility index (Phi) is 2.91. The van der Waals surface area contributed by atoms with Crippen molar-refractivity contribution in [3.05, 3.63) is 12.4 Å². The van der Waals surface area contributed by atoms with Gasteiger partial charge in [0.1, 0.15) is 0 Å². The average Bonchev–Trinajstić information content (AvgIpc) is 2.86. The van der Waals surface area contributed by atoms with Crippen molar-refractivity contribution >= 4 is 5.95 Å². The minimum Gasteiger partial charge on any atom is -0.355 e. The third-order valence-electron chi connectivity index (χ3n) is 6.17. The summed E-state index contributed by atoms with van der Waals surface area (Å²) in [6.07, 6.45) is 9.43. The number of rotatable bonds is 4. The molecule has 0 amide bonds. The first-order valence-electron chi connectivity index (χ1n) is 7.71. The summed E-state index contributed by atoms with van der Waals surface area (Å²) in [7, 11) is 0. The first kappa shape index (κ1) is 13.0. The van der Waals surface area contributed by atoms with Gasteiger partial charge in [0.05, 0.1) is 0 Å². The molecule has 1 heterocycles. The molecule has 0 atom stereocenters. The number of anilines is 1. The Morgan fingerprint density at radius 1 is 1.21 bits per heavy atom. The molecule has 0 unspecified atom stereocenters. The van der Waals surface area contributed by atoms with E-state index in [0.29, 0.717) is 16.9 Å². The number of nitrogens with one attached hydrogen (secondary N) is 1. The zero-order valence-electron chi connectivity index (χ0n) is 12.7. The summed E-state index contributed by atoms with van der Waals surface area (Å²) in [5, 5.41) is 3.60. The highest BCUT2D eigenvalue weighted by molar-refractivity contribution is 5.29. The Morgan fingerprint density at radius 3 is 2.42 bits per heavy atom. The van der Waals surface area contributed by atoms with E-state index in [2.05, 4.69) is 48.8 Å². The maximum absolute atomic E-state index is 4.51. The molecule has 0 aromatic carbocycles. The minimum absolute atomic E-state index is 0.449. The van der Waals surface area contributed by atoms with Gasteiger partial charge in [0.2, 0.25) is 5.95 Å². The van der Waals surface area contributed by atoms with Crippen LogP contribution in [0.3, 0.4) is 0 Å². The lowest BCUT2D eigenvalue weighted by molar-refractivity contribution is 0.457. The van der Waals surface area contributed by atoms with Crippen LogP contribution in [0, 0.1) is 16.7 Å². The molecule has 1 N–H and O–H groups in total. The fourth-order valence-corrected chi connectivity index (χ4v) is 3.96. The van der Waals surface area contributed by atoms with E-state index in [9.17, 15) is 0 Å². The van der Waals surface area contributed by atoms with E-state index in [-0.39, 0.29) is 0 Å². The van der Waals surface area contributed by atoms with E-state index in [0.717, 1.165) is 18.4 Å². The molecule has 3 nitrogen and oxygen atoms in total. The van der Waals surface area contributed by atoms with Crippen molar-refractivity contribution < 1.29 is 0 Å². The van der Waals surface area contributed by atoms with Gasteiger partial charge < -0.3 is 9.88 Å². The van der Waals surface area contributed by atoms with E-state index in [1.54, 1.807) is 0 Å². The average molecular weight is 261 g/mol. The van der Waals surface area contributed by atoms with E-state index >= 15 is 0 Å². The van der Waals surface area contributed by atoms with Gasteiger partial charge in [-0.05, 0) is 29.6 Å². The van der Waals surface area contributed by atoms with E-state index in [1.165, 1.54) is 25.7 Å². The summed E-state index contributed by atoms with van der Waals surface area (Å²) in [4.78, 5) is 4.51. The smallest absolute Gasteiger partial charge is 0.203 e. The molecule has 2 aliphatic rings. The first-order valence-corrected chi connectivity index (χ1v) is 7.71. The van der Waals surface area contributed by atoms with Crippen LogP contribution in [-0.2, 0) is 0 Å². The zero-order chi connectivity index (χ0) is 13.7. The SMILES string of the molecule is CC1(C)C(CNc2nccn2C2CCCC2)C1(C)C. The second-order valence-electron chi connectivity index (χ2n) is 7.47. The van der Waals surface area contributed by atoms with Crippen molar-refractivity contribution in [2.45, 2.75) is 59.4 Å². The normalized spacial score (nSPS) is 25.7. The summed E-state index contributed by atoms with van der Waals surface area (Å²) in [6.45, 7) is 10.6. The molecule has 0 aliphatic heterocycles. The van der Waals surface area contributed by atoms with Gasteiger partial charge in [-0.2, -0.15) is 0 Å². The molecule has 2 fully saturated rings. The maximum Gasteiger partial charge on any atom is 0.203 e. The highest BCUT2D eigenvalue weighted by atomic mass is 15.2. The maximum atomic E-state index is 4.51. The highest BCUT2D eigenvalue weighted by Crippen LogP contribution is 2.68. The van der Waals surface area contributed by atoms with Gasteiger partial charge in [-0.15, -0.1) is 0 Å². The standard InChI is InChI=1S/C16H27N3/c1-15(2)13(16(15,3)4)11-18-14-17-9-10-19(14)12-7-5-6-8-12/h9-10,12-13H,5-8,11H2,1-4H3,(H,17,18). The summed E-state index contributed by atoms with van der Waals surface area (Å²) >= 11 is 0. The Hall–Kier alpha value is -0.990. The molecular formula is C16H27N3. The van der Waals surface area contributed by atoms with Crippen LogP contribution in [0.5, 0.6) is 0 Å². The first-order chi connectivity index (χ1) is 8.94. The monoisotopic (exact) mass is 261 g/mol. The molecule has 19 heavy (non-hydrogen) atoms. The summed E-state index contributed by atoms with van der Waals surface area (Å²) < 4.78 is 2.36. The van der Waals surface area contributed by atoms with Crippen LogP contribution in [0.15, 0.2) is 12.4 Å². The summed E-state index contributed by atoms with van der Waals surface area (Å²) in [5.41, 5.74) is 0.898. The van der Waals surface area contributed by atoms with Crippen molar-refractivity contribution in [2.75, 3.05) is 11.9 Å². The Labute approximate surface area is 116 Å². The quantitative estimate of drug-likeness (QED) is 0.884. The van der Waals surface area contributed by atoms with E-state index < -0.39 is 0 Å². The van der Waals surface area contributed by atoms with Gasteiger partial charge in [-0.3, -0.25) is 0 Å². The van der Waals surface area contributed by atoms with Gasteiger partial charge in [-0.1, -0.05) is 40.5 Å². The van der Waals surface area contributed by atoms with Crippen LogP contribution in [0.25, 0.3) is 0 Å². The molecule has 106 valence electrons. The van der Waals surface area contributed by atoms with Crippen molar-refractivity contribution in [3.63, 3.8) is 0 Å². The molecule has 2 saturated carbocycles. The lowest BCUT2D eigenvalue weighted by Crippen LogP contribution is -2.14. The van der Waals surface area contributed by atoms with Crippen LogP contribution >= 0.6 is 0 Å². The fourth-order valence-electron chi connectivity index (χ4n) is 3.96. The lowest BCUT2D eigenvalue weighted by Gasteiger charge is -2.16. The largest absolute Gasteiger partial charge is 0.355 e. The summed E-state index contributed by atoms with van der Waals surface area (Å²) in [6, 6.07) is 0.672. The minimum atomic E-state index is 0.449. The van der Waals surface area contributed by atoms with Gasteiger partial charge >= 0.3 is 0 Å². The van der Waals surface area contributed by atoms with Crippen LogP contribution < -0.4 is 5.32 Å². The van der Waals surface area contributed by atoms with Gasteiger partial charge in [0.15, 0.2) is 0 Å². The molecule has 0 saturated heterocycles. The van der Waals surface area contributed by atoms with Crippen LogP contribution in [0.2, 0.25) is 0 Å². The highest BCUT2D eigenvalue weighted by Gasteiger charge is 2.64. The predicted molar refractivity (Wildman–Crippen MR) is 79.3 cm³/mol. The Bertz CT molecular complexity index is 438. The molecule has 3 rings (SSSR count). The Balaban J connectivity index is 1.64. The van der Waals surface area contributed by atoms with Crippen molar-refractivity contribution in [2.24, 2.45) is 16.7 Å². The number of imidazole rings is 1. The third kappa shape index (κ3) is 1.98. The fraction of sp³-hybridized carbons (Fsp3) is 0.812. The molecule has 0 radical (unpaired) electrons. The molecule has 3 heteroatoms. The topological polar surface area (TPSA) is 29.9 Å². The van der Waals surface area contributed by atoms with Gasteiger partial charge in [0, 0.05) is 25.0 Å². The summed E-state index contributed by atoms with van der Waals surface area (Å²) in [5.74, 6) is 1.82. The number of hydrogen-bond acceptors (Lipinski definition) is 2. The Morgan fingerprint density at radius 2 is 1.84 bits per heavy atom. The third-order valence-corrected chi connectivity index (χ3v) is 6.17. The van der Waals surface area contributed by atoms with Gasteiger partial charge in [0.25, 0.3) is 0 Å². The number of hydrogen-bond donors (Lipinski definition) is 1. The lowest BCUT2D eigenvalue weighted by atomic mass is 10.0. The van der Waals surface area contributed by atoms with Crippen molar-refractivity contribution in [1.29, 1.82) is 0 Å². The zero-order valence-corrected chi connectivity index (χ0v) is 12.7. The van der Waals surface area contributed by atoms with Crippen molar-refractivity contribution in [3.8, 4) is 0 Å². The second kappa shape index (κ2) is 4.26. The number of nitrogens with zero attached hydrogens (tertiary/aromatic N) is 2. The van der Waals surface area contributed by atoms with Gasteiger partial charge in [-0.25, -0.2) is 4.98 Å². The van der Waals surface area contributed by atoms with E-state index in [1.807, 2.05) is 6.20 Å². The second-order valence-corrected chi connectivity index (χ2v) is 7.47. The van der Waals surface area contributed by atoms with Crippen molar-refractivity contribution in [1.82, 2.24) is 9.55 Å². The molecule has 2 aliphatic carbocycles. The molecule has 1 aromatic rings. The molecule has 0 bridgehead atoms.